The summed E-state index contributed by atoms with van der Waals surface area (Å²) >= 11 is 0. The fourth-order valence-electron chi connectivity index (χ4n) is 2.47. The molecule has 0 heterocycles. The molecule has 8 heteroatoms. The Hall–Kier alpha value is -2.68. The minimum Gasteiger partial charge on any atom is -0.279 e. The smallest absolute Gasteiger partial charge is 0.255 e. The zero-order valence-corrected chi connectivity index (χ0v) is 15.2. The minimum absolute atomic E-state index is 0.0989. The van der Waals surface area contributed by atoms with E-state index in [1.165, 1.54) is 30.3 Å². The molecule has 3 aromatic rings. The second kappa shape index (κ2) is 6.91. The van der Waals surface area contributed by atoms with Gasteiger partial charge < -0.3 is 0 Å². The second-order valence-electron chi connectivity index (χ2n) is 5.60. The maximum Gasteiger partial charge on any atom is 0.255 e. The Labute approximate surface area is 152 Å². The molecule has 3 N–H and O–H groups in total. The predicted octanol–water partition coefficient (Wildman–Crippen LogP) is 2.90. The Bertz CT molecular complexity index is 1200. The van der Waals surface area contributed by atoms with E-state index < -0.39 is 20.0 Å². The Morgan fingerprint density at radius 2 is 1.46 bits per heavy atom. The van der Waals surface area contributed by atoms with Crippen LogP contribution in [-0.4, -0.2) is 16.8 Å². The summed E-state index contributed by atoms with van der Waals surface area (Å²) < 4.78 is 49.9. The summed E-state index contributed by atoms with van der Waals surface area (Å²) in [6, 6.07) is 18.8. The molecule has 0 aromatic heterocycles. The number of anilines is 1. The van der Waals surface area contributed by atoms with Gasteiger partial charge >= 0.3 is 0 Å². The number of primary sulfonamides is 1. The number of hydrogen-bond acceptors (Lipinski definition) is 4. The van der Waals surface area contributed by atoms with Crippen LogP contribution >= 0.6 is 0 Å². The van der Waals surface area contributed by atoms with Crippen molar-refractivity contribution >= 4 is 42.6 Å². The van der Waals surface area contributed by atoms with Gasteiger partial charge in [-0.3, -0.25) is 4.72 Å². The van der Waals surface area contributed by atoms with Crippen LogP contribution in [0.2, 0.25) is 0 Å². The summed E-state index contributed by atoms with van der Waals surface area (Å²) in [6.07, 6.45) is 1.44. The lowest BCUT2D eigenvalue weighted by atomic mass is 10.1. The van der Waals surface area contributed by atoms with Gasteiger partial charge in [0.1, 0.15) is 4.90 Å². The molecule has 0 aliphatic rings. The number of rotatable bonds is 5. The molecule has 0 radical (unpaired) electrons. The van der Waals surface area contributed by atoms with Gasteiger partial charge in [-0.2, -0.15) is 0 Å². The van der Waals surface area contributed by atoms with Gasteiger partial charge in [-0.15, -0.1) is 0 Å². The number of nitrogens with two attached hydrogens (primary N) is 1. The minimum atomic E-state index is -4.05. The molecule has 0 saturated heterocycles. The molecule has 0 saturated carbocycles. The molecule has 3 aromatic carbocycles. The number of hydrogen-bond donors (Lipinski definition) is 2. The molecule has 3 rings (SSSR count). The molecule has 0 aliphatic carbocycles. The van der Waals surface area contributed by atoms with E-state index in [-0.39, 0.29) is 10.6 Å². The first-order valence-electron chi connectivity index (χ1n) is 7.56. The highest BCUT2D eigenvalue weighted by atomic mass is 32.2. The van der Waals surface area contributed by atoms with Crippen molar-refractivity contribution in [1.82, 2.24) is 0 Å². The highest BCUT2D eigenvalue weighted by Gasteiger charge is 2.16. The third-order valence-corrected chi connectivity index (χ3v) is 5.63. The molecule has 0 amide bonds. The summed E-state index contributed by atoms with van der Waals surface area (Å²) in [4.78, 5) is -0.289. The van der Waals surface area contributed by atoms with Gasteiger partial charge in [0.25, 0.3) is 10.0 Å². The third-order valence-electron chi connectivity index (χ3n) is 3.66. The van der Waals surface area contributed by atoms with Gasteiger partial charge in [-0.05, 0) is 40.6 Å². The molecule has 6 nitrogen and oxygen atoms in total. The second-order valence-corrected chi connectivity index (χ2v) is 8.69. The van der Waals surface area contributed by atoms with Gasteiger partial charge in [0.05, 0.1) is 11.1 Å². The monoisotopic (exact) mass is 388 g/mol. The fraction of sp³-hybridized carbons (Fsp3) is 0. The van der Waals surface area contributed by atoms with E-state index >= 15 is 0 Å². The molecule has 0 aliphatic heterocycles. The molecular formula is C18H16N2O4S2. The highest BCUT2D eigenvalue weighted by molar-refractivity contribution is 7.95. The Kier molecular flexibility index (Phi) is 4.82. The molecule has 0 spiro atoms. The first kappa shape index (κ1) is 18.1. The van der Waals surface area contributed by atoms with Crippen molar-refractivity contribution in [2.24, 2.45) is 5.14 Å². The topological polar surface area (TPSA) is 106 Å². The van der Waals surface area contributed by atoms with E-state index in [2.05, 4.69) is 4.72 Å². The van der Waals surface area contributed by atoms with Crippen LogP contribution in [0, 0.1) is 0 Å². The van der Waals surface area contributed by atoms with E-state index in [1.54, 1.807) is 6.07 Å². The summed E-state index contributed by atoms with van der Waals surface area (Å²) in [5.41, 5.74) is 0.604. The van der Waals surface area contributed by atoms with Crippen molar-refractivity contribution in [3.8, 4) is 0 Å². The van der Waals surface area contributed by atoms with Gasteiger partial charge in [0.2, 0.25) is 10.0 Å². The Morgan fingerprint density at radius 3 is 2.19 bits per heavy atom. The van der Waals surface area contributed by atoms with E-state index in [4.69, 9.17) is 5.14 Å². The Balaban J connectivity index is 1.88. The number of nitrogens with one attached hydrogen (secondary N) is 1. The van der Waals surface area contributed by atoms with E-state index in [0.29, 0.717) is 5.56 Å². The van der Waals surface area contributed by atoms with Crippen molar-refractivity contribution in [3.05, 3.63) is 77.7 Å². The van der Waals surface area contributed by atoms with Crippen molar-refractivity contribution in [1.29, 1.82) is 0 Å². The van der Waals surface area contributed by atoms with Gasteiger partial charge in [0.15, 0.2) is 0 Å². The van der Waals surface area contributed by atoms with Crippen LogP contribution in [0.1, 0.15) is 5.56 Å². The van der Waals surface area contributed by atoms with Gasteiger partial charge in [-0.25, -0.2) is 22.0 Å². The molecule has 134 valence electrons. The predicted molar refractivity (Wildman–Crippen MR) is 103 cm³/mol. The first-order chi connectivity index (χ1) is 12.2. The maximum absolute atomic E-state index is 12.3. The van der Waals surface area contributed by atoms with Crippen LogP contribution < -0.4 is 9.86 Å². The van der Waals surface area contributed by atoms with Crippen molar-refractivity contribution in [3.63, 3.8) is 0 Å². The summed E-state index contributed by atoms with van der Waals surface area (Å²) in [7, 11) is -7.97. The molecule has 0 fully saturated rings. The standard InChI is InChI=1S/C18H16N2O4S2/c19-26(23,24)18-8-4-3-7-17(18)20-25(21,22)12-11-14-9-10-15-5-1-2-6-16(15)13-14/h1-13,20H,(H2,19,23,24)/b12-11+. The lowest BCUT2D eigenvalue weighted by Gasteiger charge is -2.09. The normalized spacial score (nSPS) is 12.5. The molecule has 0 bridgehead atoms. The summed E-state index contributed by atoms with van der Waals surface area (Å²) in [6.45, 7) is 0. The van der Waals surface area contributed by atoms with Crippen molar-refractivity contribution in [2.45, 2.75) is 4.90 Å². The fourth-order valence-corrected chi connectivity index (χ4v) is 4.11. The number of benzene rings is 3. The number of sulfonamides is 2. The lowest BCUT2D eigenvalue weighted by molar-refractivity contribution is 0.598. The largest absolute Gasteiger partial charge is 0.279 e. The van der Waals surface area contributed by atoms with Crippen LogP contribution in [-0.2, 0) is 20.0 Å². The maximum atomic E-state index is 12.3. The number of para-hydroxylation sites is 1. The average Bonchev–Trinajstić information content (AvgIpc) is 2.59. The third kappa shape index (κ3) is 4.29. The van der Waals surface area contributed by atoms with Crippen LogP contribution in [0.25, 0.3) is 16.8 Å². The van der Waals surface area contributed by atoms with Crippen molar-refractivity contribution < 1.29 is 16.8 Å². The van der Waals surface area contributed by atoms with Crippen LogP contribution in [0.3, 0.4) is 0 Å². The van der Waals surface area contributed by atoms with Crippen LogP contribution in [0.4, 0.5) is 5.69 Å². The average molecular weight is 388 g/mol. The molecule has 0 atom stereocenters. The zero-order chi connectivity index (χ0) is 18.8. The van der Waals surface area contributed by atoms with Crippen LogP contribution in [0.15, 0.2) is 77.0 Å². The molecule has 0 unspecified atom stereocenters. The van der Waals surface area contributed by atoms with Gasteiger partial charge in [0, 0.05) is 0 Å². The van der Waals surface area contributed by atoms with E-state index in [9.17, 15) is 16.8 Å². The quantitative estimate of drug-likeness (QED) is 0.701. The van der Waals surface area contributed by atoms with Crippen molar-refractivity contribution in [2.75, 3.05) is 4.72 Å². The summed E-state index contributed by atoms with van der Waals surface area (Å²) in [5, 5.41) is 8.13. The molecular weight excluding hydrogens is 372 g/mol. The first-order valence-corrected chi connectivity index (χ1v) is 10.7. The zero-order valence-electron chi connectivity index (χ0n) is 13.5. The number of fused-ring (bicyclic) bond motifs is 1. The van der Waals surface area contributed by atoms with Gasteiger partial charge in [-0.1, -0.05) is 48.5 Å². The molecule has 26 heavy (non-hydrogen) atoms. The summed E-state index contributed by atoms with van der Waals surface area (Å²) in [5.74, 6) is 0. The lowest BCUT2D eigenvalue weighted by Crippen LogP contribution is -2.17. The van der Waals surface area contributed by atoms with E-state index in [1.807, 2.05) is 36.4 Å². The van der Waals surface area contributed by atoms with E-state index in [0.717, 1.165) is 16.2 Å². The highest BCUT2D eigenvalue weighted by Crippen LogP contribution is 2.21. The SMILES string of the molecule is NS(=O)(=O)c1ccccc1NS(=O)(=O)/C=C/c1ccc2ccccc2c1. The Morgan fingerprint density at radius 1 is 0.808 bits per heavy atom. The van der Waals surface area contributed by atoms with Crippen LogP contribution in [0.5, 0.6) is 0 Å².